The van der Waals surface area contributed by atoms with Gasteiger partial charge in [-0.2, -0.15) is 5.10 Å². The van der Waals surface area contributed by atoms with Crippen LogP contribution in [0.5, 0.6) is 0 Å². The maximum absolute atomic E-state index is 13.0. The van der Waals surface area contributed by atoms with E-state index in [2.05, 4.69) is 10.4 Å². The Morgan fingerprint density at radius 2 is 1.88 bits per heavy atom. The van der Waals surface area contributed by atoms with E-state index in [0.717, 1.165) is 24.0 Å². The Bertz CT molecular complexity index is 1100. The summed E-state index contributed by atoms with van der Waals surface area (Å²) in [6.07, 6.45) is 3.53. The molecule has 8 heteroatoms. The van der Waals surface area contributed by atoms with Crippen molar-refractivity contribution in [1.29, 1.82) is 0 Å². The monoisotopic (exact) mass is 470 g/mol. The molecule has 0 radical (unpaired) electrons. The van der Waals surface area contributed by atoms with Crippen LogP contribution in [0.1, 0.15) is 24.0 Å². The van der Waals surface area contributed by atoms with Crippen LogP contribution in [0.2, 0.25) is 10.0 Å². The van der Waals surface area contributed by atoms with Gasteiger partial charge in [-0.05, 0) is 30.0 Å². The molecule has 6 nitrogen and oxygen atoms in total. The van der Waals surface area contributed by atoms with Gasteiger partial charge < -0.3 is 10.2 Å². The lowest BCUT2D eigenvalue weighted by atomic mass is 9.96. The molecule has 32 heavy (non-hydrogen) atoms. The number of benzene rings is 2. The molecule has 1 aromatic heterocycles. The molecule has 2 aromatic carbocycles. The minimum atomic E-state index is -0.262. The molecule has 1 atom stereocenters. The number of amides is 2. The van der Waals surface area contributed by atoms with Crippen LogP contribution in [0.4, 0.5) is 5.82 Å². The first-order valence-corrected chi connectivity index (χ1v) is 11.3. The van der Waals surface area contributed by atoms with Crippen molar-refractivity contribution >= 4 is 40.8 Å². The first kappa shape index (κ1) is 22.4. The number of carbonyl (C=O) groups excluding carboxylic acids is 2. The summed E-state index contributed by atoms with van der Waals surface area (Å²) in [7, 11) is 0. The van der Waals surface area contributed by atoms with Gasteiger partial charge in [-0.25, -0.2) is 4.68 Å². The molecule has 2 amide bonds. The molecule has 166 valence electrons. The summed E-state index contributed by atoms with van der Waals surface area (Å²) in [4.78, 5) is 27.5. The number of nitrogens with one attached hydrogen (secondary N) is 1. The molecule has 4 rings (SSSR count). The van der Waals surface area contributed by atoms with E-state index in [4.69, 9.17) is 23.2 Å². The van der Waals surface area contributed by atoms with E-state index in [1.807, 2.05) is 42.5 Å². The molecule has 1 aliphatic rings. The third kappa shape index (κ3) is 5.31. The van der Waals surface area contributed by atoms with Crippen molar-refractivity contribution in [2.75, 3.05) is 18.4 Å². The van der Waals surface area contributed by atoms with E-state index in [-0.39, 0.29) is 17.7 Å². The highest BCUT2D eigenvalue weighted by molar-refractivity contribution is 6.42. The summed E-state index contributed by atoms with van der Waals surface area (Å²) in [5, 5.41) is 8.23. The maximum Gasteiger partial charge on any atom is 0.230 e. The number of anilines is 1. The first-order valence-electron chi connectivity index (χ1n) is 10.6. The Hall–Kier alpha value is -2.83. The maximum atomic E-state index is 13.0. The molecule has 1 N–H and O–H groups in total. The summed E-state index contributed by atoms with van der Waals surface area (Å²) >= 11 is 12.4. The molecule has 1 fully saturated rings. The lowest BCUT2D eigenvalue weighted by Crippen LogP contribution is -2.44. The van der Waals surface area contributed by atoms with Crippen LogP contribution in [0.3, 0.4) is 0 Å². The summed E-state index contributed by atoms with van der Waals surface area (Å²) in [5.74, 6) is 0.260. The van der Waals surface area contributed by atoms with Crippen LogP contribution in [0.15, 0.2) is 60.8 Å². The number of rotatable bonds is 6. The first-order chi connectivity index (χ1) is 15.5. The highest BCUT2D eigenvalue weighted by atomic mass is 35.5. The Kier molecular flexibility index (Phi) is 7.12. The van der Waals surface area contributed by atoms with Gasteiger partial charge in [0.25, 0.3) is 0 Å². The fourth-order valence-electron chi connectivity index (χ4n) is 3.93. The normalized spacial score (nSPS) is 16.1. The van der Waals surface area contributed by atoms with E-state index in [9.17, 15) is 9.59 Å². The van der Waals surface area contributed by atoms with Crippen LogP contribution in [0, 0.1) is 5.92 Å². The van der Waals surface area contributed by atoms with Crippen LogP contribution in [-0.2, 0) is 22.6 Å². The van der Waals surface area contributed by atoms with Crippen molar-refractivity contribution in [2.24, 2.45) is 5.92 Å². The van der Waals surface area contributed by atoms with E-state index >= 15 is 0 Å². The molecule has 1 saturated heterocycles. The Balaban J connectivity index is 1.38. The van der Waals surface area contributed by atoms with E-state index in [1.54, 1.807) is 27.9 Å². The fourth-order valence-corrected chi connectivity index (χ4v) is 4.30. The number of hydrogen-bond donors (Lipinski definition) is 1. The summed E-state index contributed by atoms with van der Waals surface area (Å²) in [6, 6.07) is 16.8. The Labute approximate surface area is 197 Å². The third-order valence-corrected chi connectivity index (χ3v) is 6.52. The quantitative estimate of drug-likeness (QED) is 0.569. The summed E-state index contributed by atoms with van der Waals surface area (Å²) in [6.45, 7) is 1.49. The minimum Gasteiger partial charge on any atom is -0.342 e. The highest BCUT2D eigenvalue weighted by Crippen LogP contribution is 2.27. The van der Waals surface area contributed by atoms with Crippen molar-refractivity contribution in [2.45, 2.75) is 25.8 Å². The standard InChI is InChI=1S/C24H24Cl2N4O2/c25-20-10-4-8-18(23(20)26)16-30-21(11-12-27-30)28-24(32)19-9-5-13-29(15-19)22(31)14-17-6-2-1-3-7-17/h1-4,6-8,10-12,19H,5,9,13-16H2,(H,28,32). The van der Waals surface area contributed by atoms with Gasteiger partial charge in [-0.3, -0.25) is 9.59 Å². The van der Waals surface area contributed by atoms with Gasteiger partial charge >= 0.3 is 0 Å². The van der Waals surface area contributed by atoms with Crippen molar-refractivity contribution in [1.82, 2.24) is 14.7 Å². The number of hydrogen-bond acceptors (Lipinski definition) is 3. The summed E-state index contributed by atoms with van der Waals surface area (Å²) in [5.41, 5.74) is 1.79. The number of carbonyl (C=O) groups is 2. The van der Waals surface area contributed by atoms with Gasteiger partial charge in [0.05, 0.1) is 35.1 Å². The zero-order chi connectivity index (χ0) is 22.5. The van der Waals surface area contributed by atoms with Crippen molar-refractivity contribution in [3.63, 3.8) is 0 Å². The van der Waals surface area contributed by atoms with Crippen LogP contribution in [-0.4, -0.2) is 39.6 Å². The van der Waals surface area contributed by atoms with Crippen LogP contribution in [0.25, 0.3) is 0 Å². The second-order valence-corrected chi connectivity index (χ2v) is 8.70. The molecule has 3 aromatic rings. The predicted molar refractivity (Wildman–Crippen MR) is 126 cm³/mol. The van der Waals surface area contributed by atoms with Crippen LogP contribution >= 0.6 is 23.2 Å². The molecule has 1 unspecified atom stereocenters. The molecule has 2 heterocycles. The van der Waals surface area contributed by atoms with Gasteiger partial charge in [-0.15, -0.1) is 0 Å². The lowest BCUT2D eigenvalue weighted by molar-refractivity contribution is -0.133. The number of nitrogens with zero attached hydrogens (tertiary/aromatic N) is 3. The van der Waals surface area contributed by atoms with E-state index in [0.29, 0.717) is 41.9 Å². The molecule has 0 aliphatic carbocycles. The van der Waals surface area contributed by atoms with Crippen molar-refractivity contribution in [3.8, 4) is 0 Å². The number of likely N-dealkylation sites (tertiary alicyclic amines) is 1. The van der Waals surface area contributed by atoms with Gasteiger partial charge in [0, 0.05) is 19.2 Å². The average Bonchev–Trinajstić information content (AvgIpc) is 3.24. The summed E-state index contributed by atoms with van der Waals surface area (Å²) < 4.78 is 1.68. The topological polar surface area (TPSA) is 67.2 Å². The second kappa shape index (κ2) is 10.2. The number of aromatic nitrogens is 2. The van der Waals surface area contributed by atoms with E-state index < -0.39 is 0 Å². The molecule has 1 aliphatic heterocycles. The largest absolute Gasteiger partial charge is 0.342 e. The smallest absolute Gasteiger partial charge is 0.230 e. The number of halogens is 2. The number of piperidine rings is 1. The minimum absolute atomic E-state index is 0.0503. The Morgan fingerprint density at radius 3 is 2.69 bits per heavy atom. The van der Waals surface area contributed by atoms with Gasteiger partial charge in [0.1, 0.15) is 5.82 Å². The molecular formula is C24H24Cl2N4O2. The average molecular weight is 471 g/mol. The third-order valence-electron chi connectivity index (χ3n) is 5.66. The zero-order valence-corrected chi connectivity index (χ0v) is 19.0. The highest BCUT2D eigenvalue weighted by Gasteiger charge is 2.29. The Morgan fingerprint density at radius 1 is 1.06 bits per heavy atom. The van der Waals surface area contributed by atoms with Crippen molar-refractivity contribution in [3.05, 3.63) is 82.0 Å². The van der Waals surface area contributed by atoms with Crippen molar-refractivity contribution < 1.29 is 9.59 Å². The van der Waals surface area contributed by atoms with E-state index in [1.165, 1.54) is 0 Å². The fraction of sp³-hybridized carbons (Fsp3) is 0.292. The SMILES string of the molecule is O=C(Nc1ccnn1Cc1cccc(Cl)c1Cl)C1CCCN(C(=O)Cc2ccccc2)C1. The lowest BCUT2D eigenvalue weighted by Gasteiger charge is -2.32. The molecular weight excluding hydrogens is 447 g/mol. The molecule has 0 bridgehead atoms. The van der Waals surface area contributed by atoms with Gasteiger partial charge in [0.15, 0.2) is 0 Å². The zero-order valence-electron chi connectivity index (χ0n) is 17.5. The van der Waals surface area contributed by atoms with Gasteiger partial charge in [0.2, 0.25) is 11.8 Å². The van der Waals surface area contributed by atoms with Crippen LogP contribution < -0.4 is 5.32 Å². The second-order valence-electron chi connectivity index (χ2n) is 7.92. The predicted octanol–water partition coefficient (Wildman–Crippen LogP) is 4.66. The molecule has 0 saturated carbocycles. The molecule has 0 spiro atoms. The van der Waals surface area contributed by atoms with Gasteiger partial charge in [-0.1, -0.05) is 65.7 Å².